The van der Waals surface area contributed by atoms with Gasteiger partial charge >= 0.3 is 0 Å². The minimum absolute atomic E-state index is 0.0678. The summed E-state index contributed by atoms with van der Waals surface area (Å²) >= 11 is 6.77. The number of carbonyl (C=O) groups excluding carboxylic acids is 1. The van der Waals surface area contributed by atoms with E-state index >= 15 is 0 Å². The molecular weight excluding hydrogens is 294 g/mol. The molecule has 1 aromatic heterocycles. The van der Waals surface area contributed by atoms with Crippen LogP contribution in [0, 0.1) is 0 Å². The second-order valence-corrected chi connectivity index (χ2v) is 7.10. The molecule has 1 amide bonds. The highest BCUT2D eigenvalue weighted by Crippen LogP contribution is 2.23. The third-order valence-corrected chi connectivity index (χ3v) is 5.13. The highest BCUT2D eigenvalue weighted by atomic mass is 79.9. The number of halogens is 1. The van der Waals surface area contributed by atoms with Crippen molar-refractivity contribution in [2.75, 3.05) is 11.5 Å². The fraction of sp³-hybridized carbons (Fsp3) is 0.500. The Hall–Kier alpha value is -0.0000000000000000833. The predicted molar refractivity (Wildman–Crippen MR) is 69.8 cm³/mol. The van der Waals surface area contributed by atoms with E-state index in [-0.39, 0.29) is 5.91 Å². The highest BCUT2D eigenvalue weighted by molar-refractivity contribution is 9.11. The molecule has 1 aliphatic rings. The van der Waals surface area contributed by atoms with Crippen molar-refractivity contribution in [1.82, 2.24) is 5.32 Å². The molecule has 1 saturated heterocycles. The maximum absolute atomic E-state index is 11.8. The van der Waals surface area contributed by atoms with E-state index < -0.39 is 0 Å². The van der Waals surface area contributed by atoms with E-state index in [2.05, 4.69) is 21.2 Å². The lowest BCUT2D eigenvalue weighted by atomic mass is 10.2. The second kappa shape index (κ2) is 5.37. The number of amides is 1. The SMILES string of the molecule is O=C(NC1CCCSC1)c1ccc(Br)s1. The molecule has 2 nitrogen and oxygen atoms in total. The zero-order chi connectivity index (χ0) is 10.7. The van der Waals surface area contributed by atoms with Crippen LogP contribution in [-0.2, 0) is 0 Å². The zero-order valence-corrected chi connectivity index (χ0v) is 11.4. The molecular formula is C10H12BrNOS2. The Kier molecular flexibility index (Phi) is 4.11. The summed E-state index contributed by atoms with van der Waals surface area (Å²) in [5.74, 6) is 2.35. The normalized spacial score (nSPS) is 21.3. The summed E-state index contributed by atoms with van der Waals surface area (Å²) in [5, 5.41) is 3.08. The van der Waals surface area contributed by atoms with Gasteiger partial charge in [-0.05, 0) is 46.7 Å². The van der Waals surface area contributed by atoms with Crippen LogP contribution in [0.15, 0.2) is 15.9 Å². The van der Waals surface area contributed by atoms with E-state index in [0.717, 1.165) is 20.8 Å². The fourth-order valence-corrected chi connectivity index (χ4v) is 3.91. The Balaban J connectivity index is 1.91. The van der Waals surface area contributed by atoms with E-state index in [0.29, 0.717) is 6.04 Å². The van der Waals surface area contributed by atoms with Crippen LogP contribution < -0.4 is 5.32 Å². The maximum atomic E-state index is 11.8. The molecule has 2 rings (SSSR count). The van der Waals surface area contributed by atoms with Crippen LogP contribution in [0.25, 0.3) is 0 Å². The molecule has 15 heavy (non-hydrogen) atoms. The van der Waals surface area contributed by atoms with Gasteiger partial charge in [0.1, 0.15) is 0 Å². The molecule has 0 aliphatic carbocycles. The lowest BCUT2D eigenvalue weighted by Crippen LogP contribution is -2.37. The summed E-state index contributed by atoms with van der Waals surface area (Å²) < 4.78 is 1.01. The van der Waals surface area contributed by atoms with E-state index in [9.17, 15) is 4.79 Å². The van der Waals surface area contributed by atoms with Gasteiger partial charge in [0.05, 0.1) is 8.66 Å². The number of carbonyl (C=O) groups is 1. The molecule has 0 aromatic carbocycles. The largest absolute Gasteiger partial charge is 0.348 e. The van der Waals surface area contributed by atoms with Crippen molar-refractivity contribution < 1.29 is 4.79 Å². The maximum Gasteiger partial charge on any atom is 0.261 e. The average Bonchev–Trinajstić information content (AvgIpc) is 2.66. The molecule has 0 saturated carbocycles. The van der Waals surface area contributed by atoms with Gasteiger partial charge in [-0.2, -0.15) is 11.8 Å². The Morgan fingerprint density at radius 3 is 3.00 bits per heavy atom. The van der Waals surface area contributed by atoms with Gasteiger partial charge in [0.2, 0.25) is 0 Å². The lowest BCUT2D eigenvalue weighted by Gasteiger charge is -2.21. The van der Waals surface area contributed by atoms with Crippen LogP contribution in [0.1, 0.15) is 22.5 Å². The minimum Gasteiger partial charge on any atom is -0.348 e. The van der Waals surface area contributed by atoms with Gasteiger partial charge in [-0.25, -0.2) is 0 Å². The Bertz CT molecular complexity index is 347. The van der Waals surface area contributed by atoms with Crippen LogP contribution in [-0.4, -0.2) is 23.5 Å². The van der Waals surface area contributed by atoms with Gasteiger partial charge in [0.25, 0.3) is 5.91 Å². The van der Waals surface area contributed by atoms with E-state index in [1.54, 1.807) is 0 Å². The van der Waals surface area contributed by atoms with Gasteiger partial charge in [-0.1, -0.05) is 0 Å². The van der Waals surface area contributed by atoms with Crippen LogP contribution in [0.2, 0.25) is 0 Å². The molecule has 2 heterocycles. The van der Waals surface area contributed by atoms with Crippen molar-refractivity contribution in [2.45, 2.75) is 18.9 Å². The Morgan fingerprint density at radius 2 is 2.40 bits per heavy atom. The number of hydrogen-bond donors (Lipinski definition) is 1. The number of thioether (sulfide) groups is 1. The summed E-state index contributed by atoms with van der Waals surface area (Å²) in [5.41, 5.74) is 0. The molecule has 5 heteroatoms. The van der Waals surface area contributed by atoms with Crippen molar-refractivity contribution >= 4 is 44.9 Å². The van der Waals surface area contributed by atoms with Crippen molar-refractivity contribution in [2.24, 2.45) is 0 Å². The van der Waals surface area contributed by atoms with Crippen LogP contribution in [0.4, 0.5) is 0 Å². The molecule has 82 valence electrons. The predicted octanol–water partition coefficient (Wildman–Crippen LogP) is 3.14. The second-order valence-electron chi connectivity index (χ2n) is 3.49. The number of nitrogens with one attached hydrogen (secondary N) is 1. The molecule has 1 unspecified atom stereocenters. The molecule has 1 aliphatic heterocycles. The fourth-order valence-electron chi connectivity index (χ4n) is 1.55. The van der Waals surface area contributed by atoms with Gasteiger partial charge in [0.15, 0.2) is 0 Å². The first-order valence-electron chi connectivity index (χ1n) is 4.89. The van der Waals surface area contributed by atoms with E-state index in [1.807, 2.05) is 23.9 Å². The highest BCUT2D eigenvalue weighted by Gasteiger charge is 2.17. The van der Waals surface area contributed by atoms with E-state index in [1.165, 1.54) is 23.5 Å². The average molecular weight is 306 g/mol. The quantitative estimate of drug-likeness (QED) is 0.909. The number of thiophene rings is 1. The lowest BCUT2D eigenvalue weighted by molar-refractivity contribution is 0.0943. The molecule has 1 N–H and O–H groups in total. The standard InChI is InChI=1S/C10H12BrNOS2/c11-9-4-3-8(15-9)10(13)12-7-2-1-5-14-6-7/h3-4,7H,1-2,5-6H2,(H,12,13). The topological polar surface area (TPSA) is 29.1 Å². The first-order chi connectivity index (χ1) is 7.25. The van der Waals surface area contributed by atoms with Crippen LogP contribution >= 0.6 is 39.0 Å². The van der Waals surface area contributed by atoms with E-state index in [4.69, 9.17) is 0 Å². The van der Waals surface area contributed by atoms with Gasteiger partial charge in [-0.3, -0.25) is 4.79 Å². The summed E-state index contributed by atoms with van der Waals surface area (Å²) in [6, 6.07) is 4.13. The smallest absolute Gasteiger partial charge is 0.261 e. The number of hydrogen-bond acceptors (Lipinski definition) is 3. The van der Waals surface area contributed by atoms with Crippen molar-refractivity contribution in [3.8, 4) is 0 Å². The number of rotatable bonds is 2. The van der Waals surface area contributed by atoms with Gasteiger partial charge < -0.3 is 5.32 Å². The third-order valence-electron chi connectivity index (χ3n) is 2.29. The van der Waals surface area contributed by atoms with Crippen LogP contribution in [0.3, 0.4) is 0 Å². The first kappa shape index (κ1) is 11.5. The van der Waals surface area contributed by atoms with Gasteiger partial charge in [-0.15, -0.1) is 11.3 Å². The van der Waals surface area contributed by atoms with Crippen molar-refractivity contribution in [3.63, 3.8) is 0 Å². The van der Waals surface area contributed by atoms with Crippen molar-refractivity contribution in [1.29, 1.82) is 0 Å². The molecule has 0 spiro atoms. The van der Waals surface area contributed by atoms with Crippen molar-refractivity contribution in [3.05, 3.63) is 20.8 Å². The van der Waals surface area contributed by atoms with Gasteiger partial charge in [0, 0.05) is 11.8 Å². The third kappa shape index (κ3) is 3.23. The summed E-state index contributed by atoms with van der Waals surface area (Å²) in [4.78, 5) is 12.6. The summed E-state index contributed by atoms with van der Waals surface area (Å²) in [7, 11) is 0. The molecule has 1 aromatic rings. The summed E-state index contributed by atoms with van der Waals surface area (Å²) in [6.45, 7) is 0. The monoisotopic (exact) mass is 305 g/mol. The molecule has 1 atom stereocenters. The molecule has 0 bridgehead atoms. The molecule has 0 radical (unpaired) electrons. The molecule has 1 fully saturated rings. The first-order valence-corrected chi connectivity index (χ1v) is 7.66. The van der Waals surface area contributed by atoms with Crippen LogP contribution in [0.5, 0.6) is 0 Å². The Labute approximate surface area is 106 Å². The summed E-state index contributed by atoms with van der Waals surface area (Å²) in [6.07, 6.45) is 2.33. The minimum atomic E-state index is 0.0678. The zero-order valence-electron chi connectivity index (χ0n) is 8.16. The Morgan fingerprint density at radius 1 is 1.53 bits per heavy atom.